The normalized spacial score (nSPS) is 17.8. The van der Waals surface area contributed by atoms with Gasteiger partial charge in [-0.05, 0) is 58.0 Å². The molecule has 6 heteroatoms. The number of hydrogen-bond donors (Lipinski definition) is 1. The maximum Gasteiger partial charge on any atom is 0.321 e. The third-order valence-electron chi connectivity index (χ3n) is 4.99. The number of urea groups is 1. The predicted octanol–water partition coefficient (Wildman–Crippen LogP) is 3.42. The van der Waals surface area contributed by atoms with Crippen LogP contribution in [0.4, 0.5) is 10.5 Å². The molecular weight excluding hydrogens is 314 g/mol. The lowest BCUT2D eigenvalue weighted by atomic mass is 10.1. The number of rotatable bonds is 5. The molecule has 1 saturated heterocycles. The number of anilines is 1. The number of benzene rings is 1. The van der Waals surface area contributed by atoms with Crippen LogP contribution in [-0.4, -0.2) is 58.8 Å². The second kappa shape index (κ2) is 7.44. The van der Waals surface area contributed by atoms with E-state index in [9.17, 15) is 4.79 Å². The second-order valence-electron chi connectivity index (χ2n) is 7.36. The Kier molecular flexibility index (Phi) is 5.27. The lowest BCUT2D eigenvalue weighted by molar-refractivity contribution is 0.218. The number of carbonyl (C=O) groups excluding carboxylic acids is 1. The van der Waals surface area contributed by atoms with E-state index in [0.717, 1.165) is 49.2 Å². The van der Waals surface area contributed by atoms with Gasteiger partial charge in [-0.3, -0.25) is 4.68 Å². The number of nitrogens with one attached hydrogen (secondary N) is 1. The first-order chi connectivity index (χ1) is 12.0. The highest BCUT2D eigenvalue weighted by molar-refractivity contribution is 5.92. The van der Waals surface area contributed by atoms with Crippen LogP contribution in [0, 0.1) is 5.92 Å². The number of nitrogens with zero attached hydrogens (tertiary/aromatic N) is 4. The highest BCUT2D eigenvalue weighted by atomic mass is 16.2. The zero-order valence-corrected chi connectivity index (χ0v) is 15.7. The molecule has 0 aliphatic carbocycles. The van der Waals surface area contributed by atoms with Crippen molar-refractivity contribution in [3.63, 3.8) is 0 Å². The molecule has 0 bridgehead atoms. The number of amides is 2. The summed E-state index contributed by atoms with van der Waals surface area (Å²) < 4.78 is 1.95. The first-order valence-electron chi connectivity index (χ1n) is 9.19. The SMILES string of the molecule is CCN(C)C[C@@H]1CCN(C(=O)Nc2ccc3nn(C(C)C)cc3c2)C1. The van der Waals surface area contributed by atoms with Crippen molar-refractivity contribution < 1.29 is 4.79 Å². The standard InChI is InChI=1S/C19H29N5O/c1-5-22(4)11-15-8-9-23(12-15)19(25)20-17-6-7-18-16(10-17)13-24(21-18)14(2)3/h6-7,10,13-15H,5,8-9,11-12H2,1-4H3,(H,20,25)/t15-/m0/s1. The highest BCUT2D eigenvalue weighted by Crippen LogP contribution is 2.22. The Bertz CT molecular complexity index is 738. The molecule has 0 saturated carbocycles. The lowest BCUT2D eigenvalue weighted by Gasteiger charge is -2.20. The van der Waals surface area contributed by atoms with Crippen LogP contribution in [0.15, 0.2) is 24.4 Å². The van der Waals surface area contributed by atoms with Crippen LogP contribution in [0.1, 0.15) is 33.2 Å². The Labute approximate surface area is 149 Å². The van der Waals surface area contributed by atoms with Gasteiger partial charge in [-0.15, -0.1) is 0 Å². The fraction of sp³-hybridized carbons (Fsp3) is 0.579. The van der Waals surface area contributed by atoms with Crippen molar-refractivity contribution in [3.8, 4) is 0 Å². The van der Waals surface area contributed by atoms with E-state index in [2.05, 4.69) is 43.1 Å². The van der Waals surface area contributed by atoms with E-state index in [4.69, 9.17) is 0 Å². The molecule has 2 aromatic rings. The van der Waals surface area contributed by atoms with Crippen molar-refractivity contribution in [3.05, 3.63) is 24.4 Å². The Morgan fingerprint density at radius 1 is 1.44 bits per heavy atom. The van der Waals surface area contributed by atoms with Gasteiger partial charge in [0.1, 0.15) is 0 Å². The summed E-state index contributed by atoms with van der Waals surface area (Å²) in [5.41, 5.74) is 1.78. The molecule has 1 N–H and O–H groups in total. The van der Waals surface area contributed by atoms with E-state index in [1.54, 1.807) is 0 Å². The van der Waals surface area contributed by atoms with Crippen LogP contribution in [0.5, 0.6) is 0 Å². The van der Waals surface area contributed by atoms with E-state index in [1.807, 2.05) is 34.0 Å². The van der Waals surface area contributed by atoms with Gasteiger partial charge in [-0.2, -0.15) is 5.10 Å². The highest BCUT2D eigenvalue weighted by Gasteiger charge is 2.26. The molecular formula is C19H29N5O. The fourth-order valence-corrected chi connectivity index (χ4v) is 3.33. The zero-order chi connectivity index (χ0) is 18.0. The minimum atomic E-state index is -0.00254. The van der Waals surface area contributed by atoms with Gasteiger partial charge in [0, 0.05) is 42.9 Å². The molecule has 1 aromatic heterocycles. The molecule has 0 spiro atoms. The Balaban J connectivity index is 1.62. The Hall–Kier alpha value is -2.08. The van der Waals surface area contributed by atoms with Gasteiger partial charge in [0.05, 0.1) is 5.52 Å². The molecule has 136 valence electrons. The van der Waals surface area contributed by atoms with Crippen LogP contribution >= 0.6 is 0 Å². The first-order valence-corrected chi connectivity index (χ1v) is 9.19. The summed E-state index contributed by atoms with van der Waals surface area (Å²) in [7, 11) is 2.13. The van der Waals surface area contributed by atoms with Crippen molar-refractivity contribution in [1.82, 2.24) is 19.6 Å². The van der Waals surface area contributed by atoms with Gasteiger partial charge < -0.3 is 15.1 Å². The largest absolute Gasteiger partial charge is 0.324 e. The van der Waals surface area contributed by atoms with E-state index in [1.165, 1.54) is 0 Å². The van der Waals surface area contributed by atoms with Crippen LogP contribution < -0.4 is 5.32 Å². The van der Waals surface area contributed by atoms with Crippen LogP contribution in [0.25, 0.3) is 10.9 Å². The second-order valence-corrected chi connectivity index (χ2v) is 7.36. The summed E-state index contributed by atoms with van der Waals surface area (Å²) in [5, 5.41) is 8.63. The molecule has 1 atom stereocenters. The van der Waals surface area contributed by atoms with Gasteiger partial charge in [-0.1, -0.05) is 6.92 Å². The number of fused-ring (bicyclic) bond motifs is 1. The van der Waals surface area contributed by atoms with Gasteiger partial charge in [0.15, 0.2) is 0 Å². The van der Waals surface area contributed by atoms with Crippen LogP contribution in [-0.2, 0) is 0 Å². The molecule has 0 radical (unpaired) electrons. The van der Waals surface area contributed by atoms with E-state index >= 15 is 0 Å². The average molecular weight is 343 g/mol. The van der Waals surface area contributed by atoms with Gasteiger partial charge in [0.25, 0.3) is 0 Å². The minimum Gasteiger partial charge on any atom is -0.324 e. The molecule has 25 heavy (non-hydrogen) atoms. The molecule has 1 aliphatic heterocycles. The van der Waals surface area contributed by atoms with Crippen molar-refractivity contribution in [1.29, 1.82) is 0 Å². The summed E-state index contributed by atoms with van der Waals surface area (Å²) in [6.07, 6.45) is 3.11. The third kappa shape index (κ3) is 4.12. The Morgan fingerprint density at radius 2 is 2.24 bits per heavy atom. The zero-order valence-electron chi connectivity index (χ0n) is 15.7. The smallest absolute Gasteiger partial charge is 0.321 e. The van der Waals surface area contributed by atoms with E-state index < -0.39 is 0 Å². The number of likely N-dealkylation sites (tertiary alicyclic amines) is 1. The van der Waals surface area contributed by atoms with Gasteiger partial charge >= 0.3 is 6.03 Å². The van der Waals surface area contributed by atoms with Crippen molar-refractivity contribution in [2.45, 2.75) is 33.2 Å². The topological polar surface area (TPSA) is 53.4 Å². The number of aromatic nitrogens is 2. The maximum atomic E-state index is 12.5. The third-order valence-corrected chi connectivity index (χ3v) is 4.99. The van der Waals surface area contributed by atoms with Crippen molar-refractivity contribution in [2.75, 3.05) is 38.5 Å². The molecule has 1 aromatic carbocycles. The maximum absolute atomic E-state index is 12.5. The van der Waals surface area contributed by atoms with E-state index in [-0.39, 0.29) is 6.03 Å². The van der Waals surface area contributed by atoms with Gasteiger partial charge in [-0.25, -0.2) is 4.79 Å². The lowest BCUT2D eigenvalue weighted by Crippen LogP contribution is -2.34. The minimum absolute atomic E-state index is 0.00254. The van der Waals surface area contributed by atoms with Crippen LogP contribution in [0.3, 0.4) is 0 Å². The van der Waals surface area contributed by atoms with Gasteiger partial charge in [0.2, 0.25) is 0 Å². The molecule has 0 unspecified atom stereocenters. The fourth-order valence-electron chi connectivity index (χ4n) is 3.33. The molecule has 2 amide bonds. The van der Waals surface area contributed by atoms with Crippen molar-refractivity contribution in [2.24, 2.45) is 5.92 Å². The molecule has 1 fully saturated rings. The molecule has 1 aliphatic rings. The monoisotopic (exact) mass is 343 g/mol. The predicted molar refractivity (Wildman–Crippen MR) is 102 cm³/mol. The number of carbonyl (C=O) groups is 1. The first kappa shape index (κ1) is 17.7. The Morgan fingerprint density at radius 3 is 2.96 bits per heavy atom. The summed E-state index contributed by atoms with van der Waals surface area (Å²) >= 11 is 0. The quantitative estimate of drug-likeness (QED) is 0.905. The summed E-state index contributed by atoms with van der Waals surface area (Å²) in [4.78, 5) is 16.8. The summed E-state index contributed by atoms with van der Waals surface area (Å²) in [6, 6.07) is 6.21. The summed E-state index contributed by atoms with van der Waals surface area (Å²) in [5.74, 6) is 0.572. The molecule has 6 nitrogen and oxygen atoms in total. The van der Waals surface area contributed by atoms with Crippen LogP contribution in [0.2, 0.25) is 0 Å². The van der Waals surface area contributed by atoms with E-state index in [0.29, 0.717) is 12.0 Å². The molecule has 3 rings (SSSR count). The summed E-state index contributed by atoms with van der Waals surface area (Å²) in [6.45, 7) is 10.2. The molecule has 2 heterocycles. The number of hydrogen-bond acceptors (Lipinski definition) is 3. The van der Waals surface area contributed by atoms with Crippen molar-refractivity contribution >= 4 is 22.6 Å². The average Bonchev–Trinajstić information content (AvgIpc) is 3.21.